The fourth-order valence-corrected chi connectivity index (χ4v) is 1.41. The summed E-state index contributed by atoms with van der Waals surface area (Å²) < 4.78 is 6.21. The standard InChI is InChI=1S/C11H13N5O2/c1-3-18-11(17)8-6-13-16(10(8)12)9-5-4-7(2)14-15-9/h4-6H,3,12H2,1-2H3. The largest absolute Gasteiger partial charge is 0.462 e. The predicted octanol–water partition coefficient (Wildman–Crippen LogP) is 0.730. The first-order chi connectivity index (χ1) is 8.63. The summed E-state index contributed by atoms with van der Waals surface area (Å²) in [6, 6.07) is 3.51. The van der Waals surface area contributed by atoms with Crippen LogP contribution in [0.4, 0.5) is 5.82 Å². The summed E-state index contributed by atoms with van der Waals surface area (Å²) >= 11 is 0. The van der Waals surface area contributed by atoms with Crippen LogP contribution in [0.15, 0.2) is 18.3 Å². The number of aromatic nitrogens is 4. The summed E-state index contributed by atoms with van der Waals surface area (Å²) in [6.45, 7) is 3.84. The van der Waals surface area contributed by atoms with E-state index in [-0.39, 0.29) is 18.0 Å². The predicted molar refractivity (Wildman–Crippen MR) is 64.3 cm³/mol. The molecule has 0 fully saturated rings. The van der Waals surface area contributed by atoms with Gasteiger partial charge in [-0.3, -0.25) is 0 Å². The molecule has 0 bridgehead atoms. The SMILES string of the molecule is CCOC(=O)c1cnn(-c2ccc(C)nn2)c1N. The maximum Gasteiger partial charge on any atom is 0.343 e. The number of aryl methyl sites for hydroxylation is 1. The van der Waals surface area contributed by atoms with E-state index >= 15 is 0 Å². The van der Waals surface area contributed by atoms with E-state index in [4.69, 9.17) is 10.5 Å². The molecular weight excluding hydrogens is 234 g/mol. The van der Waals surface area contributed by atoms with Crippen molar-refractivity contribution < 1.29 is 9.53 Å². The number of nitrogens with two attached hydrogens (primary N) is 1. The highest BCUT2D eigenvalue weighted by Gasteiger charge is 2.17. The molecule has 18 heavy (non-hydrogen) atoms. The van der Waals surface area contributed by atoms with Gasteiger partial charge in [-0.1, -0.05) is 0 Å². The molecule has 2 heterocycles. The van der Waals surface area contributed by atoms with E-state index in [0.717, 1.165) is 5.69 Å². The van der Waals surface area contributed by atoms with Crippen LogP contribution >= 0.6 is 0 Å². The first kappa shape index (κ1) is 12.0. The summed E-state index contributed by atoms with van der Waals surface area (Å²) in [6.07, 6.45) is 1.36. The van der Waals surface area contributed by atoms with Crippen LogP contribution in [0.3, 0.4) is 0 Å². The summed E-state index contributed by atoms with van der Waals surface area (Å²) in [5.74, 6) is 0.140. The van der Waals surface area contributed by atoms with Gasteiger partial charge in [-0.2, -0.15) is 14.9 Å². The minimum atomic E-state index is -0.499. The molecule has 0 atom stereocenters. The molecule has 2 N–H and O–H groups in total. The lowest BCUT2D eigenvalue weighted by atomic mass is 10.3. The summed E-state index contributed by atoms with van der Waals surface area (Å²) in [5.41, 5.74) is 6.85. The van der Waals surface area contributed by atoms with Crippen LogP contribution < -0.4 is 5.73 Å². The van der Waals surface area contributed by atoms with Crippen LogP contribution in [0.1, 0.15) is 23.0 Å². The van der Waals surface area contributed by atoms with Gasteiger partial charge in [0.25, 0.3) is 0 Å². The molecule has 7 heteroatoms. The zero-order valence-corrected chi connectivity index (χ0v) is 10.1. The lowest BCUT2D eigenvalue weighted by molar-refractivity contribution is 0.0527. The summed E-state index contributed by atoms with van der Waals surface area (Å²) in [5, 5.41) is 11.9. The Bertz CT molecular complexity index is 561. The van der Waals surface area contributed by atoms with E-state index in [0.29, 0.717) is 5.82 Å². The van der Waals surface area contributed by atoms with E-state index in [1.165, 1.54) is 10.9 Å². The Morgan fingerprint density at radius 1 is 1.44 bits per heavy atom. The topological polar surface area (TPSA) is 95.9 Å². The number of carbonyl (C=O) groups is 1. The monoisotopic (exact) mass is 247 g/mol. The molecule has 0 spiro atoms. The normalized spacial score (nSPS) is 10.3. The number of carbonyl (C=O) groups excluding carboxylic acids is 1. The highest BCUT2D eigenvalue weighted by Crippen LogP contribution is 2.16. The molecule has 0 amide bonds. The lowest BCUT2D eigenvalue weighted by Gasteiger charge is -2.03. The minimum Gasteiger partial charge on any atom is -0.462 e. The molecule has 2 aromatic heterocycles. The van der Waals surface area contributed by atoms with Crippen molar-refractivity contribution in [1.82, 2.24) is 20.0 Å². The molecule has 2 aromatic rings. The zero-order valence-electron chi connectivity index (χ0n) is 10.1. The van der Waals surface area contributed by atoms with Crippen LogP contribution in [0.2, 0.25) is 0 Å². The number of ether oxygens (including phenoxy) is 1. The molecule has 7 nitrogen and oxygen atoms in total. The number of rotatable bonds is 3. The third kappa shape index (κ3) is 2.15. The Balaban J connectivity index is 2.36. The highest BCUT2D eigenvalue weighted by atomic mass is 16.5. The van der Waals surface area contributed by atoms with Crippen LogP contribution in [-0.4, -0.2) is 32.6 Å². The maximum absolute atomic E-state index is 11.6. The first-order valence-corrected chi connectivity index (χ1v) is 5.44. The number of hydrogen-bond donors (Lipinski definition) is 1. The second kappa shape index (κ2) is 4.82. The smallest absolute Gasteiger partial charge is 0.343 e. The van der Waals surface area contributed by atoms with Crippen molar-refractivity contribution in [2.24, 2.45) is 0 Å². The third-order valence-electron chi connectivity index (χ3n) is 2.30. The fourth-order valence-electron chi connectivity index (χ4n) is 1.41. The van der Waals surface area contributed by atoms with Crippen molar-refractivity contribution in [1.29, 1.82) is 0 Å². The van der Waals surface area contributed by atoms with Gasteiger partial charge in [-0.25, -0.2) is 4.79 Å². The Hall–Kier alpha value is -2.44. The first-order valence-electron chi connectivity index (χ1n) is 5.44. The number of hydrogen-bond acceptors (Lipinski definition) is 6. The van der Waals surface area contributed by atoms with Crippen molar-refractivity contribution in [2.75, 3.05) is 12.3 Å². The number of anilines is 1. The van der Waals surface area contributed by atoms with Crippen molar-refractivity contribution >= 4 is 11.8 Å². The van der Waals surface area contributed by atoms with E-state index in [1.54, 1.807) is 19.1 Å². The molecule has 0 aromatic carbocycles. The highest BCUT2D eigenvalue weighted by molar-refractivity contribution is 5.94. The van der Waals surface area contributed by atoms with Gasteiger partial charge in [0.1, 0.15) is 11.4 Å². The van der Waals surface area contributed by atoms with E-state index in [2.05, 4.69) is 15.3 Å². The number of nitrogens with zero attached hydrogens (tertiary/aromatic N) is 4. The third-order valence-corrected chi connectivity index (χ3v) is 2.30. The van der Waals surface area contributed by atoms with E-state index in [9.17, 15) is 4.79 Å². The molecule has 94 valence electrons. The molecule has 0 saturated carbocycles. The quantitative estimate of drug-likeness (QED) is 0.803. The average molecular weight is 247 g/mol. The van der Waals surface area contributed by atoms with Crippen LogP contribution in [0.5, 0.6) is 0 Å². The van der Waals surface area contributed by atoms with Gasteiger partial charge in [-0.15, -0.1) is 5.10 Å². The summed E-state index contributed by atoms with van der Waals surface area (Å²) in [4.78, 5) is 11.6. The molecule has 0 unspecified atom stereocenters. The van der Waals surface area contributed by atoms with Crippen LogP contribution in [0, 0.1) is 6.92 Å². The summed E-state index contributed by atoms with van der Waals surface area (Å²) in [7, 11) is 0. The molecule has 0 saturated heterocycles. The Morgan fingerprint density at radius 3 is 2.83 bits per heavy atom. The van der Waals surface area contributed by atoms with Gasteiger partial charge in [-0.05, 0) is 26.0 Å². The van der Waals surface area contributed by atoms with E-state index in [1.807, 2.05) is 6.92 Å². The Kier molecular flexibility index (Phi) is 3.22. The van der Waals surface area contributed by atoms with Gasteiger partial charge in [0.15, 0.2) is 5.82 Å². The fraction of sp³-hybridized carbons (Fsp3) is 0.273. The van der Waals surface area contributed by atoms with Crippen LogP contribution in [0.25, 0.3) is 5.82 Å². The lowest BCUT2D eigenvalue weighted by Crippen LogP contribution is -2.10. The Labute approximate surface area is 104 Å². The van der Waals surface area contributed by atoms with Crippen molar-refractivity contribution in [3.63, 3.8) is 0 Å². The van der Waals surface area contributed by atoms with E-state index < -0.39 is 5.97 Å². The van der Waals surface area contributed by atoms with Crippen molar-refractivity contribution in [2.45, 2.75) is 13.8 Å². The Morgan fingerprint density at radius 2 is 2.22 bits per heavy atom. The van der Waals surface area contributed by atoms with Gasteiger partial charge in [0, 0.05) is 0 Å². The zero-order chi connectivity index (χ0) is 13.1. The minimum absolute atomic E-state index is 0.187. The molecule has 0 aliphatic rings. The van der Waals surface area contributed by atoms with Gasteiger partial charge in [0.05, 0.1) is 18.5 Å². The maximum atomic E-state index is 11.6. The average Bonchev–Trinajstić information content (AvgIpc) is 2.73. The van der Waals surface area contributed by atoms with Gasteiger partial charge < -0.3 is 10.5 Å². The van der Waals surface area contributed by atoms with Gasteiger partial charge in [0.2, 0.25) is 0 Å². The number of esters is 1. The van der Waals surface area contributed by atoms with Crippen molar-refractivity contribution in [3.05, 3.63) is 29.6 Å². The second-order valence-corrected chi connectivity index (χ2v) is 3.61. The van der Waals surface area contributed by atoms with Crippen molar-refractivity contribution in [3.8, 4) is 5.82 Å². The molecule has 0 aliphatic heterocycles. The molecular formula is C11H13N5O2. The number of nitrogen functional groups attached to an aromatic ring is 1. The molecule has 0 radical (unpaired) electrons. The second-order valence-electron chi connectivity index (χ2n) is 3.61. The van der Waals surface area contributed by atoms with Gasteiger partial charge >= 0.3 is 5.97 Å². The molecule has 0 aliphatic carbocycles. The molecule has 2 rings (SSSR count). The van der Waals surface area contributed by atoms with Crippen LogP contribution in [-0.2, 0) is 4.74 Å².